The molecule has 0 amide bonds. The Morgan fingerprint density at radius 2 is 1.77 bits per heavy atom. The Kier molecular flexibility index (Phi) is 13.7. The minimum Gasteiger partial charge on any atom is -0.494 e. The van der Waals surface area contributed by atoms with Crippen LogP contribution >= 0.6 is 11.6 Å². The van der Waals surface area contributed by atoms with Crippen molar-refractivity contribution in [1.82, 2.24) is 25.3 Å². The summed E-state index contributed by atoms with van der Waals surface area (Å²) in [5.74, 6) is 3.04. The monoisotopic (exact) mass is 558 g/mol. The zero-order valence-corrected chi connectivity index (χ0v) is 25.8. The highest BCUT2D eigenvalue weighted by Gasteiger charge is 2.20. The van der Waals surface area contributed by atoms with Crippen LogP contribution in [0.25, 0.3) is 22.6 Å². The van der Waals surface area contributed by atoms with E-state index in [1.54, 1.807) is 6.07 Å². The number of likely N-dealkylation sites (tertiary alicyclic amines) is 1. The molecule has 0 spiro atoms. The summed E-state index contributed by atoms with van der Waals surface area (Å²) in [4.78, 5) is 11.6. The Labute approximate surface area is 239 Å². The molecule has 3 N–H and O–H groups in total. The van der Waals surface area contributed by atoms with Crippen LogP contribution in [-0.4, -0.2) is 60.4 Å². The van der Waals surface area contributed by atoms with Gasteiger partial charge in [-0.15, -0.1) is 0 Å². The van der Waals surface area contributed by atoms with Gasteiger partial charge in [0, 0.05) is 11.1 Å². The SMILES string of the molecule is CC(C)C.CN1CCCCC1.CNCCCOc1ccc(Cl)c(-c2nc(N)c(C)c(-c3c(C)noc3C)n2)c1. The predicted molar refractivity (Wildman–Crippen MR) is 162 cm³/mol. The summed E-state index contributed by atoms with van der Waals surface area (Å²) >= 11 is 6.43. The van der Waals surface area contributed by atoms with Crippen LogP contribution in [-0.2, 0) is 0 Å². The number of nitrogens with zero attached hydrogens (tertiary/aromatic N) is 4. The van der Waals surface area contributed by atoms with E-state index in [-0.39, 0.29) is 0 Å². The smallest absolute Gasteiger partial charge is 0.163 e. The molecule has 3 heterocycles. The van der Waals surface area contributed by atoms with E-state index in [2.05, 4.69) is 48.2 Å². The number of hydrogen-bond acceptors (Lipinski definition) is 8. The number of nitrogens with one attached hydrogen (secondary N) is 1. The average molecular weight is 559 g/mol. The predicted octanol–water partition coefficient (Wildman–Crippen LogP) is 6.71. The van der Waals surface area contributed by atoms with Crippen molar-refractivity contribution in [3.63, 3.8) is 0 Å². The van der Waals surface area contributed by atoms with Crippen molar-refractivity contribution in [2.24, 2.45) is 5.92 Å². The molecule has 39 heavy (non-hydrogen) atoms. The number of benzene rings is 1. The van der Waals surface area contributed by atoms with Crippen molar-refractivity contribution in [3.8, 4) is 28.4 Å². The van der Waals surface area contributed by atoms with Gasteiger partial charge < -0.3 is 25.2 Å². The number of nitrogen functional groups attached to an aromatic ring is 1. The van der Waals surface area contributed by atoms with Gasteiger partial charge in [0.2, 0.25) is 0 Å². The lowest BCUT2D eigenvalue weighted by Crippen LogP contribution is -2.24. The lowest BCUT2D eigenvalue weighted by molar-refractivity contribution is 0.277. The summed E-state index contributed by atoms with van der Waals surface area (Å²) < 4.78 is 11.1. The van der Waals surface area contributed by atoms with Crippen LogP contribution in [0.1, 0.15) is 63.5 Å². The second-order valence-electron chi connectivity index (χ2n) is 10.6. The van der Waals surface area contributed by atoms with Crippen molar-refractivity contribution in [1.29, 1.82) is 0 Å². The largest absolute Gasteiger partial charge is 0.494 e. The molecule has 3 aromatic rings. The van der Waals surface area contributed by atoms with Crippen LogP contribution in [0, 0.1) is 26.7 Å². The van der Waals surface area contributed by atoms with E-state index < -0.39 is 0 Å². The van der Waals surface area contributed by atoms with Crippen LogP contribution in [0.5, 0.6) is 5.75 Å². The van der Waals surface area contributed by atoms with Gasteiger partial charge >= 0.3 is 0 Å². The van der Waals surface area contributed by atoms with Gasteiger partial charge in [0.15, 0.2) is 5.82 Å². The molecule has 1 aliphatic heterocycles. The second-order valence-corrected chi connectivity index (χ2v) is 11.1. The molecular weight excluding hydrogens is 512 g/mol. The molecule has 1 saturated heterocycles. The maximum absolute atomic E-state index is 6.43. The third-order valence-corrected chi connectivity index (χ3v) is 6.38. The van der Waals surface area contributed by atoms with Gasteiger partial charge in [-0.1, -0.05) is 43.9 Å². The normalized spacial score (nSPS) is 13.4. The van der Waals surface area contributed by atoms with Crippen molar-refractivity contribution in [3.05, 3.63) is 40.2 Å². The molecule has 4 rings (SSSR count). The van der Waals surface area contributed by atoms with E-state index in [0.717, 1.165) is 35.7 Å². The first-order valence-corrected chi connectivity index (χ1v) is 14.3. The molecule has 0 aliphatic carbocycles. The van der Waals surface area contributed by atoms with E-state index in [4.69, 9.17) is 31.6 Å². The van der Waals surface area contributed by atoms with Crippen molar-refractivity contribution in [2.75, 3.05) is 46.1 Å². The van der Waals surface area contributed by atoms with Gasteiger partial charge in [-0.2, -0.15) is 0 Å². The molecule has 1 aliphatic rings. The van der Waals surface area contributed by atoms with Crippen LogP contribution in [0.15, 0.2) is 22.7 Å². The maximum atomic E-state index is 6.43. The molecule has 1 fully saturated rings. The van der Waals surface area contributed by atoms with Crippen LogP contribution in [0.4, 0.5) is 5.82 Å². The van der Waals surface area contributed by atoms with E-state index in [9.17, 15) is 0 Å². The van der Waals surface area contributed by atoms with Crippen LogP contribution in [0.2, 0.25) is 5.02 Å². The van der Waals surface area contributed by atoms with E-state index in [1.165, 1.54) is 32.4 Å². The minimum absolute atomic E-state index is 0.386. The van der Waals surface area contributed by atoms with E-state index >= 15 is 0 Å². The number of piperidine rings is 1. The summed E-state index contributed by atoms with van der Waals surface area (Å²) in [5, 5.41) is 7.64. The Bertz CT molecular complexity index is 1140. The highest BCUT2D eigenvalue weighted by atomic mass is 35.5. The summed E-state index contributed by atoms with van der Waals surface area (Å²) in [6, 6.07) is 5.44. The molecule has 0 atom stereocenters. The van der Waals surface area contributed by atoms with Crippen molar-refractivity contribution >= 4 is 17.4 Å². The van der Waals surface area contributed by atoms with Gasteiger partial charge in [0.25, 0.3) is 0 Å². The quantitative estimate of drug-likeness (QED) is 0.308. The Morgan fingerprint density at radius 3 is 2.31 bits per heavy atom. The highest BCUT2D eigenvalue weighted by Crippen LogP contribution is 2.35. The van der Waals surface area contributed by atoms with Crippen LogP contribution < -0.4 is 15.8 Å². The lowest BCUT2D eigenvalue weighted by Gasteiger charge is -2.20. The standard InChI is InChI=1S/C20H24ClN5O2.C6H13N.C4H10/c1-11-18(17-12(2)26-28-13(17)3)24-20(25-19(11)22)15-10-14(6-7-16(15)21)27-9-5-8-23-4;1-7-5-3-2-4-6-7;1-4(2)3/h6-7,10,23H,5,8-9H2,1-4H3,(H2,22,24,25);2-6H2,1H3;4H,1-3H3. The molecule has 1 aromatic carbocycles. The van der Waals surface area contributed by atoms with Gasteiger partial charge in [0.05, 0.1) is 28.6 Å². The van der Waals surface area contributed by atoms with Gasteiger partial charge in [-0.25, -0.2) is 9.97 Å². The number of nitrogens with two attached hydrogens (primary N) is 1. The molecule has 0 saturated carbocycles. The fraction of sp³-hybridized carbons (Fsp3) is 0.567. The molecule has 0 unspecified atom stereocenters. The first-order valence-electron chi connectivity index (χ1n) is 13.9. The number of aryl methyl sites for hydroxylation is 2. The number of rotatable bonds is 7. The van der Waals surface area contributed by atoms with Crippen molar-refractivity contribution in [2.45, 2.75) is 67.2 Å². The van der Waals surface area contributed by atoms with E-state index in [0.29, 0.717) is 46.0 Å². The lowest BCUT2D eigenvalue weighted by atomic mass is 10.1. The second kappa shape index (κ2) is 16.4. The Balaban J connectivity index is 0.000000404. The Hall–Kier alpha value is -2.68. The number of halogens is 1. The third kappa shape index (κ3) is 10.4. The van der Waals surface area contributed by atoms with E-state index in [1.807, 2.05) is 40.0 Å². The number of anilines is 1. The topological polar surface area (TPSA) is 102 Å². The molecule has 8 nitrogen and oxygen atoms in total. The minimum atomic E-state index is 0.386. The first kappa shape index (κ1) is 32.5. The fourth-order valence-corrected chi connectivity index (χ4v) is 4.18. The van der Waals surface area contributed by atoms with Crippen molar-refractivity contribution < 1.29 is 9.26 Å². The molecule has 0 bridgehead atoms. The summed E-state index contributed by atoms with van der Waals surface area (Å²) in [6.07, 6.45) is 5.18. The zero-order valence-electron chi connectivity index (χ0n) is 25.0. The molecule has 9 heteroatoms. The van der Waals surface area contributed by atoms with Gasteiger partial charge in [-0.3, -0.25) is 0 Å². The van der Waals surface area contributed by atoms with Crippen LogP contribution in [0.3, 0.4) is 0 Å². The molecule has 2 aromatic heterocycles. The first-order chi connectivity index (χ1) is 18.5. The summed E-state index contributed by atoms with van der Waals surface area (Å²) in [7, 11) is 4.11. The molecular formula is C30H47ClN6O2. The summed E-state index contributed by atoms with van der Waals surface area (Å²) in [5.41, 5.74) is 9.88. The average Bonchev–Trinajstić information content (AvgIpc) is 3.22. The number of ether oxygens (including phenoxy) is 1. The number of hydrogen-bond donors (Lipinski definition) is 2. The maximum Gasteiger partial charge on any atom is 0.163 e. The van der Waals surface area contributed by atoms with Gasteiger partial charge in [-0.05, 0) is 97.9 Å². The van der Waals surface area contributed by atoms with Gasteiger partial charge in [0.1, 0.15) is 17.3 Å². The third-order valence-electron chi connectivity index (χ3n) is 6.05. The molecule has 216 valence electrons. The molecule has 0 radical (unpaired) electrons. The summed E-state index contributed by atoms with van der Waals surface area (Å²) in [6.45, 7) is 16.2. The highest BCUT2D eigenvalue weighted by molar-refractivity contribution is 6.33. The fourth-order valence-electron chi connectivity index (χ4n) is 3.98. The number of aromatic nitrogens is 3. The Morgan fingerprint density at radius 1 is 1.10 bits per heavy atom. The zero-order chi connectivity index (χ0) is 28.9.